The molecule has 0 amide bonds. The van der Waals surface area contributed by atoms with Crippen molar-refractivity contribution < 1.29 is 0 Å². The fourth-order valence-corrected chi connectivity index (χ4v) is 9.29. The first kappa shape index (κ1) is 21.8. The van der Waals surface area contributed by atoms with E-state index in [1.54, 1.807) is 0 Å². The summed E-state index contributed by atoms with van der Waals surface area (Å²) in [6.45, 7) is 0. The fraction of sp³-hybridized carbons (Fsp3) is 0.0556. The Balaban J connectivity index is 1.28. The molecule has 2 aliphatic rings. The molecule has 0 radical (unpaired) electrons. The van der Waals surface area contributed by atoms with Gasteiger partial charge in [0, 0.05) is 47.0 Å². The van der Waals surface area contributed by atoms with E-state index in [-0.39, 0.29) is 0 Å². The van der Waals surface area contributed by atoms with Gasteiger partial charge < -0.3 is 4.57 Å². The summed E-state index contributed by atoms with van der Waals surface area (Å²) in [5, 5.41) is 5.71. The van der Waals surface area contributed by atoms with E-state index in [1.165, 1.54) is 69.3 Å². The minimum atomic E-state index is 0.423. The van der Waals surface area contributed by atoms with Crippen molar-refractivity contribution in [3.8, 4) is 5.69 Å². The van der Waals surface area contributed by atoms with Crippen molar-refractivity contribution >= 4 is 70.6 Å². The molecule has 2 atom stereocenters. The van der Waals surface area contributed by atoms with Gasteiger partial charge in [-0.05, 0) is 59.2 Å². The van der Waals surface area contributed by atoms with E-state index in [0.29, 0.717) is 11.2 Å². The zero-order valence-electron chi connectivity index (χ0n) is 21.0. The third-order valence-electron chi connectivity index (χ3n) is 8.39. The molecule has 0 fully saturated rings. The molecular weight excluding hydrogens is 511 g/mol. The molecule has 39 heavy (non-hydrogen) atoms. The lowest BCUT2D eigenvalue weighted by Gasteiger charge is -2.23. The van der Waals surface area contributed by atoms with Gasteiger partial charge in [0.25, 0.3) is 0 Å². The van der Waals surface area contributed by atoms with Gasteiger partial charge in [0.05, 0.1) is 16.7 Å². The zero-order chi connectivity index (χ0) is 25.5. The standard InChI is InChI=1S/C36H23NS2/c1-4-14-29-24(9-1)25-10-2-5-15-30(25)37(29)31-16-8-18-34-35(31)28-21-22(19-20-33(28)38-34)23-12-7-13-27-26-11-3-6-17-32(26)39-36(23)27/h1-21,27,36H. The van der Waals surface area contributed by atoms with Crippen molar-refractivity contribution in [2.75, 3.05) is 0 Å². The smallest absolute Gasteiger partial charge is 0.0555 e. The number of thioether (sulfide) groups is 1. The second kappa shape index (κ2) is 8.22. The number of hydrogen-bond donors (Lipinski definition) is 0. The number of nitrogens with zero attached hydrogens (tertiary/aromatic N) is 1. The third-order valence-corrected chi connectivity index (χ3v) is 10.9. The van der Waals surface area contributed by atoms with E-state index in [1.807, 2.05) is 23.1 Å². The van der Waals surface area contributed by atoms with Crippen molar-refractivity contribution in [2.24, 2.45) is 0 Å². The normalized spacial score (nSPS) is 18.2. The summed E-state index contributed by atoms with van der Waals surface area (Å²) >= 11 is 3.91. The first-order chi connectivity index (χ1) is 19.3. The Morgan fingerprint density at radius 3 is 2.26 bits per heavy atom. The SMILES string of the molecule is C1=CC2c3ccccc3SC2C(c2ccc3sc4cccc(-n5c6ccccc6c6ccccc65)c4c3c2)=C1. The second-order valence-corrected chi connectivity index (χ2v) is 12.7. The number of aromatic nitrogens is 1. The molecule has 1 aliphatic carbocycles. The molecule has 0 saturated heterocycles. The number of hydrogen-bond acceptors (Lipinski definition) is 2. The van der Waals surface area contributed by atoms with E-state index in [0.717, 1.165) is 0 Å². The van der Waals surface area contributed by atoms with Crippen molar-refractivity contribution in [1.29, 1.82) is 0 Å². The molecule has 3 heteroatoms. The largest absolute Gasteiger partial charge is 0.309 e. The van der Waals surface area contributed by atoms with Gasteiger partial charge in [-0.15, -0.1) is 23.1 Å². The number of benzene rings is 5. The van der Waals surface area contributed by atoms with Crippen LogP contribution >= 0.6 is 23.1 Å². The molecule has 0 spiro atoms. The minimum Gasteiger partial charge on any atom is -0.309 e. The lowest BCUT2D eigenvalue weighted by molar-refractivity contribution is 0.893. The van der Waals surface area contributed by atoms with Crippen LogP contribution in [0.15, 0.2) is 132 Å². The molecule has 9 rings (SSSR count). The average molecular weight is 534 g/mol. The summed E-state index contributed by atoms with van der Waals surface area (Å²) in [6.07, 6.45) is 6.98. The third kappa shape index (κ3) is 3.09. The molecule has 7 aromatic rings. The predicted octanol–water partition coefficient (Wildman–Crippen LogP) is 10.4. The highest BCUT2D eigenvalue weighted by molar-refractivity contribution is 8.00. The van der Waals surface area contributed by atoms with Crippen molar-refractivity contribution in [2.45, 2.75) is 16.1 Å². The first-order valence-corrected chi connectivity index (χ1v) is 15.1. The number of para-hydroxylation sites is 2. The van der Waals surface area contributed by atoms with Crippen LogP contribution in [0.25, 0.3) is 53.2 Å². The van der Waals surface area contributed by atoms with Gasteiger partial charge >= 0.3 is 0 Å². The van der Waals surface area contributed by atoms with E-state index < -0.39 is 0 Å². The van der Waals surface area contributed by atoms with Crippen LogP contribution in [0.4, 0.5) is 0 Å². The molecule has 2 aromatic heterocycles. The number of fused-ring (bicyclic) bond motifs is 9. The maximum absolute atomic E-state index is 2.47. The van der Waals surface area contributed by atoms with Crippen molar-refractivity contribution in [3.05, 3.63) is 139 Å². The molecule has 5 aromatic carbocycles. The van der Waals surface area contributed by atoms with Gasteiger partial charge in [-0.3, -0.25) is 0 Å². The summed E-state index contributed by atoms with van der Waals surface area (Å²) in [5.74, 6) is 0.439. The zero-order valence-corrected chi connectivity index (χ0v) is 22.7. The second-order valence-electron chi connectivity index (χ2n) is 10.4. The Hall–Kier alpha value is -4.05. The van der Waals surface area contributed by atoms with Crippen molar-refractivity contribution in [1.82, 2.24) is 4.57 Å². The van der Waals surface area contributed by atoms with Crippen LogP contribution in [0.3, 0.4) is 0 Å². The van der Waals surface area contributed by atoms with Gasteiger partial charge in [0.1, 0.15) is 0 Å². The number of rotatable bonds is 2. The number of thiophene rings is 1. The van der Waals surface area contributed by atoms with Crippen LogP contribution in [0.5, 0.6) is 0 Å². The molecule has 184 valence electrons. The molecule has 1 aliphatic heterocycles. The Kier molecular flexibility index (Phi) is 4.60. The highest BCUT2D eigenvalue weighted by Gasteiger charge is 2.35. The van der Waals surface area contributed by atoms with Crippen LogP contribution in [0.2, 0.25) is 0 Å². The van der Waals surface area contributed by atoms with Crippen LogP contribution < -0.4 is 0 Å². The van der Waals surface area contributed by atoms with Crippen LogP contribution in [-0.2, 0) is 0 Å². The fourth-order valence-electron chi connectivity index (χ4n) is 6.69. The highest BCUT2D eigenvalue weighted by Crippen LogP contribution is 2.53. The maximum atomic E-state index is 2.47. The molecule has 1 nitrogen and oxygen atoms in total. The van der Waals surface area contributed by atoms with E-state index in [4.69, 9.17) is 0 Å². The Bertz CT molecular complexity index is 2120. The van der Waals surface area contributed by atoms with Gasteiger partial charge in [0.15, 0.2) is 0 Å². The summed E-state index contributed by atoms with van der Waals surface area (Å²) in [5.41, 5.74) is 7.99. The Morgan fingerprint density at radius 2 is 1.41 bits per heavy atom. The monoisotopic (exact) mass is 533 g/mol. The van der Waals surface area contributed by atoms with E-state index in [2.05, 4.69) is 132 Å². The average Bonchev–Trinajstić information content (AvgIpc) is 3.66. The molecule has 0 N–H and O–H groups in total. The van der Waals surface area contributed by atoms with Gasteiger partial charge in [-0.2, -0.15) is 0 Å². The number of allylic oxidation sites excluding steroid dienone is 3. The Labute approximate surface area is 234 Å². The molecular formula is C36H23NS2. The lowest BCUT2D eigenvalue weighted by atomic mass is 9.85. The summed E-state index contributed by atoms with van der Waals surface area (Å²) < 4.78 is 5.14. The van der Waals surface area contributed by atoms with Gasteiger partial charge in [0.2, 0.25) is 0 Å². The van der Waals surface area contributed by atoms with E-state index >= 15 is 0 Å². The topological polar surface area (TPSA) is 4.93 Å². The highest BCUT2D eigenvalue weighted by atomic mass is 32.2. The van der Waals surface area contributed by atoms with Gasteiger partial charge in [-0.1, -0.05) is 85.0 Å². The molecule has 2 unspecified atom stereocenters. The van der Waals surface area contributed by atoms with Crippen LogP contribution in [-0.4, -0.2) is 9.82 Å². The quantitative estimate of drug-likeness (QED) is 0.214. The minimum absolute atomic E-state index is 0.423. The predicted molar refractivity (Wildman–Crippen MR) is 170 cm³/mol. The van der Waals surface area contributed by atoms with Crippen molar-refractivity contribution in [3.63, 3.8) is 0 Å². The summed E-state index contributed by atoms with van der Waals surface area (Å²) in [4.78, 5) is 1.42. The molecule has 3 heterocycles. The lowest BCUT2D eigenvalue weighted by Crippen LogP contribution is -2.13. The first-order valence-electron chi connectivity index (χ1n) is 13.4. The molecule has 0 saturated carbocycles. The van der Waals surface area contributed by atoms with Crippen LogP contribution in [0.1, 0.15) is 17.0 Å². The van der Waals surface area contributed by atoms with Crippen LogP contribution in [0, 0.1) is 0 Å². The maximum Gasteiger partial charge on any atom is 0.0555 e. The van der Waals surface area contributed by atoms with Gasteiger partial charge in [-0.25, -0.2) is 0 Å². The molecule has 0 bridgehead atoms. The van der Waals surface area contributed by atoms with E-state index in [9.17, 15) is 0 Å². The summed E-state index contributed by atoms with van der Waals surface area (Å²) in [7, 11) is 0. The summed E-state index contributed by atoms with van der Waals surface area (Å²) in [6, 6.07) is 40.4. The Morgan fingerprint density at radius 1 is 0.641 bits per heavy atom.